The molecule has 0 saturated heterocycles. The minimum atomic E-state index is -0.612. The Morgan fingerprint density at radius 1 is 1.24 bits per heavy atom. The number of methoxy groups -OCH3 is 1. The highest BCUT2D eigenvalue weighted by Crippen LogP contribution is 2.47. The van der Waals surface area contributed by atoms with Gasteiger partial charge in [0, 0.05) is 17.8 Å². The van der Waals surface area contributed by atoms with Crippen molar-refractivity contribution in [3.8, 4) is 28.0 Å². The van der Waals surface area contributed by atoms with Gasteiger partial charge in [0.05, 0.1) is 41.2 Å². The first-order valence-corrected chi connectivity index (χ1v) is 12.8. The Kier molecular flexibility index (Phi) is 6.30. The number of hydrogen-bond acceptors (Lipinski definition) is 10. The largest absolute Gasteiger partial charge is 0.484 e. The maximum absolute atomic E-state index is 12.1. The van der Waals surface area contributed by atoms with E-state index >= 15 is 0 Å². The van der Waals surface area contributed by atoms with Crippen LogP contribution in [0.4, 0.5) is 10.5 Å². The lowest BCUT2D eigenvalue weighted by atomic mass is 10.1. The molecule has 0 saturated carbocycles. The summed E-state index contributed by atoms with van der Waals surface area (Å²) in [6, 6.07) is 9.06. The summed E-state index contributed by atoms with van der Waals surface area (Å²) in [4.78, 5) is 30.0. The molecule has 0 aliphatic carbocycles. The monoisotopic (exact) mass is 549 g/mol. The Bertz CT molecular complexity index is 1680. The number of aromatic nitrogens is 4. The van der Waals surface area contributed by atoms with Crippen molar-refractivity contribution >= 4 is 56.0 Å². The van der Waals surface area contributed by atoms with Crippen LogP contribution in [0.25, 0.3) is 31.8 Å². The molecule has 38 heavy (non-hydrogen) atoms. The minimum Gasteiger partial charge on any atom is -0.484 e. The molecule has 0 spiro atoms. The van der Waals surface area contributed by atoms with E-state index in [-0.39, 0.29) is 13.2 Å². The van der Waals surface area contributed by atoms with Crippen LogP contribution >= 0.6 is 22.9 Å². The van der Waals surface area contributed by atoms with Crippen molar-refractivity contribution in [1.82, 2.24) is 19.9 Å². The number of halogens is 1. The van der Waals surface area contributed by atoms with E-state index in [1.807, 2.05) is 19.1 Å². The molecule has 0 fully saturated rings. The number of rotatable bonds is 5. The van der Waals surface area contributed by atoms with E-state index in [0.717, 1.165) is 20.8 Å². The maximum atomic E-state index is 12.1. The molecule has 0 bridgehead atoms. The highest BCUT2D eigenvalue weighted by Gasteiger charge is 2.28. The molecule has 0 unspecified atom stereocenters. The molecule has 2 aromatic carbocycles. The number of fused-ring (bicyclic) bond motifs is 4. The molecule has 192 valence electrons. The molecule has 1 aliphatic rings. The zero-order valence-corrected chi connectivity index (χ0v) is 21.8. The van der Waals surface area contributed by atoms with Gasteiger partial charge in [-0.3, -0.25) is 10.3 Å². The zero-order valence-electron chi connectivity index (χ0n) is 20.2. The van der Waals surface area contributed by atoms with Crippen molar-refractivity contribution in [3.63, 3.8) is 0 Å². The number of aryl methyl sites for hydroxylation is 1. The fourth-order valence-electron chi connectivity index (χ4n) is 4.08. The van der Waals surface area contributed by atoms with Crippen molar-refractivity contribution in [1.29, 1.82) is 0 Å². The zero-order chi connectivity index (χ0) is 26.2. The second-order valence-corrected chi connectivity index (χ2v) is 9.90. The molecular formula is C26H20ClN5O5S. The number of anilines is 1. The van der Waals surface area contributed by atoms with Gasteiger partial charge in [-0.2, -0.15) is 0 Å². The van der Waals surface area contributed by atoms with Crippen molar-refractivity contribution in [2.75, 3.05) is 25.6 Å². The summed E-state index contributed by atoms with van der Waals surface area (Å²) in [6.07, 6.45) is 3.61. The molecule has 1 N–H and O–H groups in total. The average Bonchev–Trinajstić information content (AvgIpc) is 3.38. The van der Waals surface area contributed by atoms with Crippen LogP contribution in [0.3, 0.4) is 0 Å². The molecule has 6 rings (SSSR count). The van der Waals surface area contributed by atoms with Gasteiger partial charge in [0.15, 0.2) is 17.6 Å². The van der Waals surface area contributed by atoms with Crippen molar-refractivity contribution in [2.45, 2.75) is 13.0 Å². The SMILES string of the molecule is COc1cnc2c(-c3nc4c(Cl)cc5c(c4s3)OC[C@H](COC(=O)Nc3cccnc3)O5)cc(C)cc2n1. The highest BCUT2D eigenvalue weighted by atomic mass is 35.5. The Hall–Kier alpha value is -4.22. The number of carbonyl (C=O) groups is 1. The van der Waals surface area contributed by atoms with Gasteiger partial charge in [0.25, 0.3) is 0 Å². The van der Waals surface area contributed by atoms with Crippen LogP contribution in [-0.4, -0.2) is 52.5 Å². The summed E-state index contributed by atoms with van der Waals surface area (Å²) in [6.45, 7) is 2.17. The van der Waals surface area contributed by atoms with Crippen LogP contribution in [0.2, 0.25) is 5.02 Å². The molecule has 12 heteroatoms. The summed E-state index contributed by atoms with van der Waals surface area (Å²) in [7, 11) is 1.56. The van der Waals surface area contributed by atoms with Gasteiger partial charge in [-0.25, -0.2) is 19.7 Å². The second kappa shape index (κ2) is 9.92. The summed E-state index contributed by atoms with van der Waals surface area (Å²) < 4.78 is 23.4. The van der Waals surface area contributed by atoms with Gasteiger partial charge in [-0.1, -0.05) is 11.6 Å². The van der Waals surface area contributed by atoms with Crippen LogP contribution in [0, 0.1) is 6.92 Å². The van der Waals surface area contributed by atoms with E-state index in [9.17, 15) is 4.79 Å². The number of ether oxygens (including phenoxy) is 4. The van der Waals surface area contributed by atoms with Crippen LogP contribution in [0.5, 0.6) is 17.4 Å². The Labute approximate surface area is 225 Å². The van der Waals surface area contributed by atoms with E-state index in [0.29, 0.717) is 44.6 Å². The van der Waals surface area contributed by atoms with Gasteiger partial charge >= 0.3 is 6.09 Å². The van der Waals surface area contributed by atoms with Crippen LogP contribution in [0.1, 0.15) is 5.56 Å². The van der Waals surface area contributed by atoms with Gasteiger partial charge < -0.3 is 18.9 Å². The predicted octanol–water partition coefficient (Wildman–Crippen LogP) is 5.66. The lowest BCUT2D eigenvalue weighted by Gasteiger charge is -2.26. The van der Waals surface area contributed by atoms with Crippen LogP contribution in [-0.2, 0) is 4.74 Å². The lowest BCUT2D eigenvalue weighted by molar-refractivity contribution is 0.0384. The van der Waals surface area contributed by atoms with Gasteiger partial charge in [-0.05, 0) is 36.8 Å². The number of hydrogen-bond donors (Lipinski definition) is 1. The third kappa shape index (κ3) is 4.61. The number of amides is 1. The van der Waals surface area contributed by atoms with Crippen molar-refractivity contribution in [3.05, 3.63) is 59.5 Å². The average molecular weight is 550 g/mol. The predicted molar refractivity (Wildman–Crippen MR) is 144 cm³/mol. The van der Waals surface area contributed by atoms with Crippen molar-refractivity contribution < 1.29 is 23.7 Å². The first-order chi connectivity index (χ1) is 18.5. The summed E-state index contributed by atoms with van der Waals surface area (Å²) in [5, 5.41) is 3.76. The smallest absolute Gasteiger partial charge is 0.411 e. The quantitative estimate of drug-likeness (QED) is 0.296. The molecule has 1 aliphatic heterocycles. The summed E-state index contributed by atoms with van der Waals surface area (Å²) in [5.74, 6) is 1.45. The summed E-state index contributed by atoms with van der Waals surface area (Å²) >= 11 is 8.04. The standard InChI is InChI=1S/C26H20ClN5O5S/c1-13-6-16(21-18(7-13)31-20(34-2)10-29-21)25-32-22-17(27)8-19-23(24(22)38-25)35-11-15(37-19)12-36-26(33)30-14-4-3-5-28-9-14/h3-10,15H,11-12H2,1-2H3,(H,30,33)/t15-/m1/s1. The molecule has 1 atom stereocenters. The first kappa shape index (κ1) is 24.1. The molecule has 5 aromatic rings. The number of thiazole rings is 1. The second-order valence-electron chi connectivity index (χ2n) is 8.49. The lowest BCUT2D eigenvalue weighted by Crippen LogP contribution is -2.35. The highest BCUT2D eigenvalue weighted by molar-refractivity contribution is 7.22. The van der Waals surface area contributed by atoms with Gasteiger partial charge in [-0.15, -0.1) is 11.3 Å². The third-order valence-corrected chi connectivity index (χ3v) is 7.14. The molecule has 10 nitrogen and oxygen atoms in total. The van der Waals surface area contributed by atoms with E-state index < -0.39 is 12.2 Å². The van der Waals surface area contributed by atoms with Crippen molar-refractivity contribution in [2.24, 2.45) is 0 Å². The number of nitrogens with zero attached hydrogens (tertiary/aromatic N) is 4. The minimum absolute atomic E-state index is 0.00740. The number of nitrogens with one attached hydrogen (secondary N) is 1. The van der Waals surface area contributed by atoms with E-state index in [4.69, 9.17) is 35.5 Å². The Morgan fingerprint density at radius 3 is 2.95 bits per heavy atom. The molecular weight excluding hydrogens is 530 g/mol. The van der Waals surface area contributed by atoms with Crippen LogP contribution < -0.4 is 19.5 Å². The maximum Gasteiger partial charge on any atom is 0.411 e. The first-order valence-electron chi connectivity index (χ1n) is 11.6. The van der Waals surface area contributed by atoms with E-state index in [1.165, 1.54) is 17.5 Å². The van der Waals surface area contributed by atoms with Gasteiger partial charge in [0.1, 0.15) is 28.4 Å². The molecule has 0 radical (unpaired) electrons. The normalized spacial score (nSPS) is 14.4. The fraction of sp³-hybridized carbons (Fsp3) is 0.192. The van der Waals surface area contributed by atoms with Crippen LogP contribution in [0.15, 0.2) is 48.9 Å². The third-order valence-electron chi connectivity index (χ3n) is 5.77. The topological polar surface area (TPSA) is 118 Å². The van der Waals surface area contributed by atoms with E-state index in [2.05, 4.69) is 20.3 Å². The molecule has 4 heterocycles. The fourth-order valence-corrected chi connectivity index (χ4v) is 5.47. The molecule has 1 amide bonds. The van der Waals surface area contributed by atoms with E-state index in [1.54, 1.807) is 37.7 Å². The summed E-state index contributed by atoms with van der Waals surface area (Å²) in [5.41, 5.74) is 4.41. The molecule has 3 aromatic heterocycles. The Balaban J connectivity index is 1.26. The number of benzene rings is 2. The van der Waals surface area contributed by atoms with Gasteiger partial charge in [0.2, 0.25) is 5.88 Å². The number of carbonyl (C=O) groups excluding carboxylic acids is 1. The Morgan fingerprint density at radius 2 is 2.13 bits per heavy atom. The number of pyridine rings is 1.